The molecule has 136 valence electrons. The first kappa shape index (κ1) is 17.7. The fourth-order valence-corrected chi connectivity index (χ4v) is 3.59. The number of hydrogen-bond acceptors (Lipinski definition) is 1. The molecule has 0 aliphatic heterocycles. The van der Waals surface area contributed by atoms with E-state index < -0.39 is 5.97 Å². The van der Waals surface area contributed by atoms with Crippen LogP contribution in [0.4, 0.5) is 0 Å². The minimum atomic E-state index is -0.832. The van der Waals surface area contributed by atoms with E-state index >= 15 is 0 Å². The van der Waals surface area contributed by atoms with Crippen molar-refractivity contribution >= 4 is 5.97 Å². The molecule has 0 aliphatic carbocycles. The van der Waals surface area contributed by atoms with Gasteiger partial charge in [0.25, 0.3) is 0 Å². The van der Waals surface area contributed by atoms with Gasteiger partial charge in [-0.2, -0.15) is 0 Å². The van der Waals surface area contributed by atoms with E-state index in [-0.39, 0.29) is 6.42 Å². The quantitative estimate of drug-likeness (QED) is 0.450. The van der Waals surface area contributed by atoms with Crippen LogP contribution >= 0.6 is 0 Å². The molecular weight excluding hydrogens is 344 g/mol. The van der Waals surface area contributed by atoms with E-state index in [0.29, 0.717) is 0 Å². The number of benzene rings is 4. The van der Waals surface area contributed by atoms with E-state index in [1.54, 1.807) is 0 Å². The molecule has 0 bridgehead atoms. The molecule has 0 spiro atoms. The van der Waals surface area contributed by atoms with Crippen molar-refractivity contribution in [3.8, 4) is 33.4 Å². The van der Waals surface area contributed by atoms with Gasteiger partial charge >= 0.3 is 5.97 Å². The molecule has 1 N–H and O–H groups in total. The Morgan fingerprint density at radius 2 is 1.11 bits per heavy atom. The Balaban J connectivity index is 2.03. The highest BCUT2D eigenvalue weighted by Gasteiger charge is 2.17. The van der Waals surface area contributed by atoms with Crippen molar-refractivity contribution in [2.45, 2.75) is 6.42 Å². The van der Waals surface area contributed by atoms with Gasteiger partial charge in [0, 0.05) is 0 Å². The summed E-state index contributed by atoms with van der Waals surface area (Å²) in [6.45, 7) is 0. The zero-order chi connectivity index (χ0) is 19.3. The molecule has 0 fully saturated rings. The highest BCUT2D eigenvalue weighted by Crippen LogP contribution is 2.39. The first-order valence-electron chi connectivity index (χ1n) is 9.27. The van der Waals surface area contributed by atoms with Crippen LogP contribution in [0.5, 0.6) is 0 Å². The summed E-state index contributed by atoms with van der Waals surface area (Å²) < 4.78 is 0. The van der Waals surface area contributed by atoms with Gasteiger partial charge in [-0.15, -0.1) is 0 Å². The summed E-state index contributed by atoms with van der Waals surface area (Å²) >= 11 is 0. The first-order chi connectivity index (χ1) is 13.7. The average molecular weight is 364 g/mol. The second-order valence-electron chi connectivity index (χ2n) is 6.73. The molecule has 0 radical (unpaired) electrons. The Labute approximate surface area is 164 Å². The molecule has 0 aliphatic rings. The van der Waals surface area contributed by atoms with E-state index in [0.717, 1.165) is 38.9 Å². The van der Waals surface area contributed by atoms with Crippen molar-refractivity contribution < 1.29 is 9.90 Å². The molecule has 0 atom stereocenters. The lowest BCUT2D eigenvalue weighted by molar-refractivity contribution is -0.136. The first-order valence-corrected chi connectivity index (χ1v) is 9.27. The summed E-state index contributed by atoms with van der Waals surface area (Å²) in [7, 11) is 0. The molecule has 0 saturated carbocycles. The molecule has 2 heteroatoms. The summed E-state index contributed by atoms with van der Waals surface area (Å²) in [4.78, 5) is 11.6. The lowest BCUT2D eigenvalue weighted by Crippen LogP contribution is -2.04. The van der Waals surface area contributed by atoms with Crippen LogP contribution in [0.1, 0.15) is 5.56 Å². The Morgan fingerprint density at radius 1 is 0.607 bits per heavy atom. The lowest BCUT2D eigenvalue weighted by atomic mass is 9.86. The normalized spacial score (nSPS) is 10.6. The van der Waals surface area contributed by atoms with Crippen LogP contribution in [0.25, 0.3) is 33.4 Å². The highest BCUT2D eigenvalue weighted by molar-refractivity contribution is 5.91. The smallest absolute Gasteiger partial charge is 0.307 e. The molecule has 0 saturated heterocycles. The summed E-state index contributed by atoms with van der Waals surface area (Å²) in [5.41, 5.74) is 7.04. The van der Waals surface area contributed by atoms with E-state index in [1.165, 1.54) is 0 Å². The minimum absolute atomic E-state index is 0.0231. The molecule has 4 aromatic carbocycles. The maximum atomic E-state index is 11.6. The van der Waals surface area contributed by atoms with Gasteiger partial charge in [-0.05, 0) is 51.1 Å². The molecule has 2 nitrogen and oxygen atoms in total. The van der Waals surface area contributed by atoms with Gasteiger partial charge in [0.2, 0.25) is 0 Å². The largest absolute Gasteiger partial charge is 0.481 e. The Bertz CT molecular complexity index is 1090. The summed E-state index contributed by atoms with van der Waals surface area (Å²) in [5.74, 6) is -0.832. The third kappa shape index (κ3) is 3.72. The van der Waals surface area contributed by atoms with E-state index in [2.05, 4.69) is 30.3 Å². The summed E-state index contributed by atoms with van der Waals surface area (Å²) in [6, 6.07) is 34.4. The van der Waals surface area contributed by atoms with Crippen molar-refractivity contribution in [2.24, 2.45) is 0 Å². The van der Waals surface area contributed by atoms with Crippen LogP contribution < -0.4 is 0 Å². The van der Waals surface area contributed by atoms with Gasteiger partial charge in [0.15, 0.2) is 0 Å². The Morgan fingerprint density at radius 3 is 1.64 bits per heavy atom. The van der Waals surface area contributed by atoms with Crippen molar-refractivity contribution in [3.05, 3.63) is 109 Å². The molecular formula is C26H20O2. The van der Waals surface area contributed by atoms with E-state index in [4.69, 9.17) is 0 Å². The predicted octanol–water partition coefficient (Wildman–Crippen LogP) is 6.31. The summed E-state index contributed by atoms with van der Waals surface area (Å²) in [6.07, 6.45) is -0.0231. The van der Waals surface area contributed by atoms with Crippen LogP contribution in [-0.2, 0) is 11.2 Å². The van der Waals surface area contributed by atoms with Gasteiger partial charge in [0.1, 0.15) is 0 Å². The van der Waals surface area contributed by atoms with Crippen molar-refractivity contribution in [1.82, 2.24) is 0 Å². The number of aliphatic carboxylic acids is 1. The maximum absolute atomic E-state index is 11.6. The predicted molar refractivity (Wildman–Crippen MR) is 114 cm³/mol. The highest BCUT2D eigenvalue weighted by atomic mass is 16.4. The third-order valence-electron chi connectivity index (χ3n) is 4.82. The second-order valence-corrected chi connectivity index (χ2v) is 6.73. The molecule has 0 unspecified atom stereocenters. The van der Waals surface area contributed by atoms with Gasteiger partial charge in [-0.3, -0.25) is 4.79 Å². The number of carboxylic acids is 1. The molecule has 4 aromatic rings. The van der Waals surface area contributed by atoms with Crippen LogP contribution in [0.2, 0.25) is 0 Å². The fourth-order valence-electron chi connectivity index (χ4n) is 3.59. The Kier molecular flexibility index (Phi) is 5.03. The van der Waals surface area contributed by atoms with Crippen molar-refractivity contribution in [3.63, 3.8) is 0 Å². The molecule has 0 aromatic heterocycles. The zero-order valence-electron chi connectivity index (χ0n) is 15.4. The van der Waals surface area contributed by atoms with Gasteiger partial charge in [-0.1, -0.05) is 91.0 Å². The lowest BCUT2D eigenvalue weighted by Gasteiger charge is -2.18. The molecule has 28 heavy (non-hydrogen) atoms. The summed E-state index contributed by atoms with van der Waals surface area (Å²) in [5, 5.41) is 9.56. The van der Waals surface area contributed by atoms with Crippen LogP contribution in [0, 0.1) is 0 Å². The van der Waals surface area contributed by atoms with E-state index in [9.17, 15) is 9.90 Å². The monoisotopic (exact) mass is 364 g/mol. The zero-order valence-corrected chi connectivity index (χ0v) is 15.4. The third-order valence-corrected chi connectivity index (χ3v) is 4.82. The SMILES string of the molecule is O=C(O)Cc1cc(-c2ccccc2)cc(-c2ccccc2)c1-c1ccccc1. The standard InChI is InChI=1S/C26H20O2/c27-25(28)18-23-16-22(19-10-4-1-5-11-19)17-24(20-12-6-2-7-13-20)26(23)21-14-8-3-9-15-21/h1-17H,18H2,(H,27,28). The maximum Gasteiger partial charge on any atom is 0.307 e. The van der Waals surface area contributed by atoms with Gasteiger partial charge in [-0.25, -0.2) is 0 Å². The second kappa shape index (κ2) is 7.93. The average Bonchev–Trinajstić information content (AvgIpc) is 2.74. The Hall–Kier alpha value is -3.65. The molecule has 4 rings (SSSR count). The van der Waals surface area contributed by atoms with Crippen LogP contribution in [-0.4, -0.2) is 11.1 Å². The van der Waals surface area contributed by atoms with Crippen LogP contribution in [0.3, 0.4) is 0 Å². The topological polar surface area (TPSA) is 37.3 Å². The number of rotatable bonds is 5. The number of hydrogen-bond donors (Lipinski definition) is 1. The van der Waals surface area contributed by atoms with Crippen molar-refractivity contribution in [2.75, 3.05) is 0 Å². The minimum Gasteiger partial charge on any atom is -0.481 e. The number of carbonyl (C=O) groups is 1. The molecule has 0 heterocycles. The molecule has 0 amide bonds. The van der Waals surface area contributed by atoms with Gasteiger partial charge < -0.3 is 5.11 Å². The number of carboxylic acid groups (broad SMARTS) is 1. The van der Waals surface area contributed by atoms with E-state index in [1.807, 2.05) is 72.8 Å². The fraction of sp³-hybridized carbons (Fsp3) is 0.0385. The van der Waals surface area contributed by atoms with Gasteiger partial charge in [0.05, 0.1) is 6.42 Å². The van der Waals surface area contributed by atoms with Crippen molar-refractivity contribution in [1.29, 1.82) is 0 Å². The van der Waals surface area contributed by atoms with Crippen LogP contribution in [0.15, 0.2) is 103 Å².